The number of nitrogens with zero attached hydrogens (tertiary/aromatic N) is 3. The van der Waals surface area contributed by atoms with Gasteiger partial charge in [-0.05, 0) is 31.2 Å². The van der Waals surface area contributed by atoms with Gasteiger partial charge in [0.25, 0.3) is 5.91 Å². The van der Waals surface area contributed by atoms with Crippen molar-refractivity contribution in [3.63, 3.8) is 0 Å². The number of rotatable bonds is 7. The van der Waals surface area contributed by atoms with Crippen LogP contribution >= 0.6 is 0 Å². The summed E-state index contributed by atoms with van der Waals surface area (Å²) < 4.78 is 0. The molecule has 29 heavy (non-hydrogen) atoms. The van der Waals surface area contributed by atoms with E-state index in [1.165, 1.54) is 5.56 Å². The topological polar surface area (TPSA) is 90.4 Å². The number of likely N-dealkylation sites (tertiary alicyclic amines) is 1. The number of piperidine rings is 1. The summed E-state index contributed by atoms with van der Waals surface area (Å²) in [5, 5.41) is 15.6. The molecular weight excluding hydrogens is 366 g/mol. The Morgan fingerprint density at radius 2 is 1.93 bits per heavy atom. The first-order valence-corrected chi connectivity index (χ1v) is 10.5. The van der Waals surface area contributed by atoms with Crippen LogP contribution in [0, 0.1) is 0 Å². The second-order valence-electron chi connectivity index (χ2n) is 7.79. The average molecular weight is 396 g/mol. The summed E-state index contributed by atoms with van der Waals surface area (Å²) in [6.45, 7) is 3.50. The molecule has 0 radical (unpaired) electrons. The van der Waals surface area contributed by atoms with Gasteiger partial charge < -0.3 is 20.6 Å². The molecule has 1 amide bonds. The van der Waals surface area contributed by atoms with Crippen LogP contribution in [0.4, 0.5) is 5.82 Å². The number of aliphatic hydroxyl groups excluding tert-OH is 1. The van der Waals surface area contributed by atoms with Gasteiger partial charge in [0.2, 0.25) is 0 Å². The second kappa shape index (κ2) is 9.33. The number of hydrogen-bond acceptors (Lipinski definition) is 6. The normalized spacial score (nSPS) is 17.6. The van der Waals surface area contributed by atoms with E-state index in [1.54, 1.807) is 0 Å². The maximum atomic E-state index is 12.4. The number of hydrogen-bond donors (Lipinski definition) is 3. The minimum Gasteiger partial charge on any atom is -0.395 e. The van der Waals surface area contributed by atoms with Gasteiger partial charge in [0.1, 0.15) is 17.3 Å². The zero-order valence-electron chi connectivity index (χ0n) is 16.7. The van der Waals surface area contributed by atoms with Gasteiger partial charge >= 0.3 is 0 Å². The number of aliphatic hydroxyl groups is 1. The van der Waals surface area contributed by atoms with E-state index in [0.29, 0.717) is 30.5 Å². The molecule has 1 aromatic carbocycles. The van der Waals surface area contributed by atoms with Crippen molar-refractivity contribution in [3.05, 3.63) is 53.0 Å². The number of carbonyl (C=O) groups is 1. The van der Waals surface area contributed by atoms with Crippen molar-refractivity contribution in [1.29, 1.82) is 0 Å². The molecule has 1 fully saturated rings. The third kappa shape index (κ3) is 4.92. The van der Waals surface area contributed by atoms with Crippen LogP contribution in [0.15, 0.2) is 30.3 Å². The van der Waals surface area contributed by atoms with Crippen LogP contribution < -0.4 is 10.6 Å². The second-order valence-corrected chi connectivity index (χ2v) is 7.79. The molecule has 3 heterocycles. The van der Waals surface area contributed by atoms with Crippen molar-refractivity contribution in [3.8, 4) is 0 Å². The van der Waals surface area contributed by atoms with Crippen molar-refractivity contribution in [2.24, 2.45) is 0 Å². The molecule has 0 saturated carbocycles. The number of carbonyl (C=O) groups excluding carboxylic acids is 1. The molecule has 0 unspecified atom stereocenters. The highest BCUT2D eigenvalue weighted by Crippen LogP contribution is 2.24. The highest BCUT2D eigenvalue weighted by molar-refractivity contribution is 5.96. The number of anilines is 1. The van der Waals surface area contributed by atoms with E-state index in [0.717, 1.165) is 56.7 Å². The number of fused-ring (bicyclic) bond motifs is 1. The van der Waals surface area contributed by atoms with Crippen LogP contribution in [0.2, 0.25) is 0 Å². The lowest BCUT2D eigenvalue weighted by Gasteiger charge is -2.33. The van der Waals surface area contributed by atoms with Gasteiger partial charge in [-0.1, -0.05) is 30.3 Å². The summed E-state index contributed by atoms with van der Waals surface area (Å²) in [5.74, 6) is 1.44. The van der Waals surface area contributed by atoms with Crippen molar-refractivity contribution in [1.82, 2.24) is 20.2 Å². The Kier molecular flexibility index (Phi) is 6.36. The zero-order valence-corrected chi connectivity index (χ0v) is 16.7. The molecule has 3 N–H and O–H groups in total. The van der Waals surface area contributed by atoms with Gasteiger partial charge in [0.05, 0.1) is 6.61 Å². The molecule has 0 bridgehead atoms. The smallest absolute Gasteiger partial charge is 0.270 e. The van der Waals surface area contributed by atoms with E-state index in [-0.39, 0.29) is 12.5 Å². The lowest BCUT2D eigenvalue weighted by atomic mass is 10.0. The van der Waals surface area contributed by atoms with Crippen LogP contribution in [0.1, 0.15) is 40.3 Å². The fourth-order valence-corrected chi connectivity index (χ4v) is 4.11. The molecule has 7 heteroatoms. The third-order valence-electron chi connectivity index (χ3n) is 5.75. The van der Waals surface area contributed by atoms with Gasteiger partial charge in [-0.3, -0.25) is 4.79 Å². The SMILES string of the molecule is O=C1NCCc2c(NC3CCN(CCO)CC3)nc(CCc3ccccc3)nc21. The van der Waals surface area contributed by atoms with E-state index < -0.39 is 0 Å². The fourth-order valence-electron chi connectivity index (χ4n) is 4.11. The van der Waals surface area contributed by atoms with Crippen molar-refractivity contribution < 1.29 is 9.90 Å². The monoisotopic (exact) mass is 395 g/mol. The van der Waals surface area contributed by atoms with Crippen molar-refractivity contribution >= 4 is 11.7 Å². The minimum absolute atomic E-state index is 0.101. The Balaban J connectivity index is 1.50. The molecule has 0 atom stereocenters. The van der Waals surface area contributed by atoms with Crippen LogP contribution in [0.5, 0.6) is 0 Å². The molecule has 154 valence electrons. The van der Waals surface area contributed by atoms with Gasteiger partial charge in [-0.25, -0.2) is 9.97 Å². The summed E-state index contributed by atoms with van der Waals surface area (Å²) in [5.41, 5.74) is 2.70. The molecule has 4 rings (SSSR count). The molecule has 2 aromatic rings. The summed E-state index contributed by atoms with van der Waals surface area (Å²) in [4.78, 5) is 24.1. The van der Waals surface area contributed by atoms with Crippen LogP contribution in [0.25, 0.3) is 0 Å². The number of benzene rings is 1. The predicted octanol–water partition coefficient (Wildman–Crippen LogP) is 1.42. The molecule has 2 aliphatic rings. The Morgan fingerprint density at radius 3 is 2.69 bits per heavy atom. The largest absolute Gasteiger partial charge is 0.395 e. The predicted molar refractivity (Wildman–Crippen MR) is 112 cm³/mol. The molecule has 7 nitrogen and oxygen atoms in total. The summed E-state index contributed by atoms with van der Waals surface area (Å²) in [7, 11) is 0. The van der Waals surface area contributed by atoms with Gasteiger partial charge in [0.15, 0.2) is 0 Å². The Morgan fingerprint density at radius 1 is 1.14 bits per heavy atom. The van der Waals surface area contributed by atoms with Crippen molar-refractivity contribution in [2.45, 2.75) is 38.1 Å². The standard InChI is InChI=1S/C22H29N5O2/c28-15-14-27-12-9-17(10-13-27)24-21-18-8-11-23-22(29)20(18)25-19(26-21)7-6-16-4-2-1-3-5-16/h1-5,17,28H,6-15H2,(H,23,29)(H,24,25,26). The maximum absolute atomic E-state index is 12.4. The van der Waals surface area contributed by atoms with Gasteiger partial charge in [-0.15, -0.1) is 0 Å². The summed E-state index contributed by atoms with van der Waals surface area (Å²) in [6, 6.07) is 10.6. The summed E-state index contributed by atoms with van der Waals surface area (Å²) >= 11 is 0. The summed E-state index contributed by atoms with van der Waals surface area (Å²) in [6.07, 6.45) is 4.31. The molecular formula is C22H29N5O2. The van der Waals surface area contributed by atoms with Crippen LogP contribution in [-0.2, 0) is 19.3 Å². The quantitative estimate of drug-likeness (QED) is 0.657. The Labute approximate surface area is 171 Å². The first-order chi connectivity index (χ1) is 14.2. The van der Waals surface area contributed by atoms with E-state index in [2.05, 4.69) is 32.7 Å². The fraction of sp³-hybridized carbons (Fsp3) is 0.500. The highest BCUT2D eigenvalue weighted by atomic mass is 16.3. The van der Waals surface area contributed by atoms with Gasteiger partial charge in [0, 0.05) is 44.2 Å². The van der Waals surface area contributed by atoms with E-state index in [4.69, 9.17) is 10.1 Å². The number of nitrogens with one attached hydrogen (secondary N) is 2. The Hall–Kier alpha value is -2.51. The number of amides is 1. The number of aromatic nitrogens is 2. The lowest BCUT2D eigenvalue weighted by Crippen LogP contribution is -2.41. The third-order valence-corrected chi connectivity index (χ3v) is 5.75. The Bertz CT molecular complexity index is 835. The molecule has 0 spiro atoms. The highest BCUT2D eigenvalue weighted by Gasteiger charge is 2.26. The molecule has 1 aromatic heterocycles. The lowest BCUT2D eigenvalue weighted by molar-refractivity contribution is 0.0940. The molecule has 2 aliphatic heterocycles. The van der Waals surface area contributed by atoms with Gasteiger partial charge in [-0.2, -0.15) is 0 Å². The number of aryl methyl sites for hydroxylation is 2. The molecule has 1 saturated heterocycles. The van der Waals surface area contributed by atoms with E-state index in [1.807, 2.05) is 18.2 Å². The maximum Gasteiger partial charge on any atom is 0.270 e. The first kappa shape index (κ1) is 19.8. The van der Waals surface area contributed by atoms with E-state index >= 15 is 0 Å². The molecule has 0 aliphatic carbocycles. The van der Waals surface area contributed by atoms with Crippen molar-refractivity contribution in [2.75, 3.05) is 38.1 Å². The van der Waals surface area contributed by atoms with Crippen LogP contribution in [0.3, 0.4) is 0 Å². The first-order valence-electron chi connectivity index (χ1n) is 10.5. The van der Waals surface area contributed by atoms with E-state index in [9.17, 15) is 4.79 Å². The number of β-amino-alcohol motifs (C(OH)–C–C–N with tert-alkyl or cyclic N) is 1. The van der Waals surface area contributed by atoms with Crippen LogP contribution in [-0.4, -0.2) is 64.7 Å². The average Bonchev–Trinajstić information content (AvgIpc) is 2.75. The zero-order chi connectivity index (χ0) is 20.1. The minimum atomic E-state index is -0.101.